The van der Waals surface area contributed by atoms with E-state index in [9.17, 15) is 19.5 Å². The van der Waals surface area contributed by atoms with Crippen molar-refractivity contribution in [2.75, 3.05) is 56.4 Å². The lowest BCUT2D eigenvalue weighted by molar-refractivity contribution is -0.0115. The Bertz CT molecular complexity index is 1520. The van der Waals surface area contributed by atoms with Crippen molar-refractivity contribution in [1.29, 1.82) is 0 Å². The summed E-state index contributed by atoms with van der Waals surface area (Å²) in [6.07, 6.45) is 1.77. The smallest absolute Gasteiger partial charge is 0.323 e. The molecule has 0 aliphatic carbocycles. The van der Waals surface area contributed by atoms with Crippen LogP contribution in [0.5, 0.6) is 11.5 Å². The summed E-state index contributed by atoms with van der Waals surface area (Å²) < 4.78 is 17.9. The van der Waals surface area contributed by atoms with Gasteiger partial charge in [-0.3, -0.25) is 4.79 Å². The molecule has 0 radical (unpaired) electrons. The number of benzene rings is 3. The van der Waals surface area contributed by atoms with Crippen LogP contribution in [0.1, 0.15) is 50.4 Å². The largest absolute Gasteiger partial charge is 0.497 e. The number of aliphatic hydroxyl groups excluding tert-OH is 1. The van der Waals surface area contributed by atoms with Crippen molar-refractivity contribution in [3.63, 3.8) is 0 Å². The van der Waals surface area contributed by atoms with Crippen molar-refractivity contribution in [3.8, 4) is 11.5 Å². The Morgan fingerprint density at radius 2 is 1.65 bits per heavy atom. The normalized spacial score (nSPS) is 19.3. The molecule has 0 saturated carbocycles. The quantitative estimate of drug-likeness (QED) is 0.220. The number of aliphatic hydroxyl groups is 1. The van der Waals surface area contributed by atoms with Gasteiger partial charge in [0.2, 0.25) is 0 Å². The molecule has 12 nitrogen and oxygen atoms in total. The van der Waals surface area contributed by atoms with Crippen molar-refractivity contribution >= 4 is 35.0 Å². The van der Waals surface area contributed by atoms with E-state index >= 15 is 0 Å². The van der Waals surface area contributed by atoms with Crippen molar-refractivity contribution in [3.05, 3.63) is 78.4 Å². The van der Waals surface area contributed by atoms with E-state index < -0.39 is 18.2 Å². The number of likely N-dealkylation sites (N-methyl/N-ethyl adjacent to an activating group) is 1. The number of hydrogen-bond donors (Lipinski definition) is 4. The van der Waals surface area contributed by atoms with Crippen LogP contribution >= 0.6 is 0 Å². The number of nitrogens with zero attached hydrogens (tertiary/aromatic N) is 2. The van der Waals surface area contributed by atoms with Gasteiger partial charge in [-0.1, -0.05) is 25.1 Å². The molecule has 4 N–H and O–H groups in total. The number of urea groups is 2. The van der Waals surface area contributed by atoms with Gasteiger partial charge in [0.1, 0.15) is 11.5 Å². The molecule has 5 amide bonds. The Morgan fingerprint density at radius 1 is 0.980 bits per heavy atom. The molecule has 0 saturated heterocycles. The van der Waals surface area contributed by atoms with Crippen molar-refractivity contribution in [1.82, 2.24) is 9.80 Å². The van der Waals surface area contributed by atoms with Crippen LogP contribution in [0.25, 0.3) is 0 Å². The maximum Gasteiger partial charge on any atom is 0.323 e. The number of carbonyl (C=O) groups is 3. The third-order valence-corrected chi connectivity index (χ3v) is 8.48. The summed E-state index contributed by atoms with van der Waals surface area (Å²) in [5.74, 6) is 0.505. The molecule has 0 unspecified atom stereocenters. The number of hydrogen-bond acceptors (Lipinski definition) is 7. The summed E-state index contributed by atoms with van der Waals surface area (Å²) in [4.78, 5) is 43.5. The molecular weight excluding hydrogens is 626 g/mol. The molecule has 49 heavy (non-hydrogen) atoms. The SMILES string of the molecule is COc1ccc(NC(=O)N(C)C[C@H]2OCCCC[C@H](C)Oc3ccc(NC(=O)Nc4ccccc4)cc3C(=O)N([C@@H](C)CO)C[C@H]2C)cc1. The van der Waals surface area contributed by atoms with Crippen LogP contribution in [0.15, 0.2) is 72.8 Å². The van der Waals surface area contributed by atoms with Gasteiger partial charge < -0.3 is 45.1 Å². The van der Waals surface area contributed by atoms with E-state index in [4.69, 9.17) is 14.2 Å². The minimum atomic E-state index is -0.539. The van der Waals surface area contributed by atoms with Crippen LogP contribution in [-0.2, 0) is 4.74 Å². The molecular formula is C37H49N5O7. The van der Waals surface area contributed by atoms with E-state index in [0.29, 0.717) is 35.2 Å². The molecule has 0 aromatic heterocycles. The second kappa shape index (κ2) is 18.1. The van der Waals surface area contributed by atoms with Gasteiger partial charge >= 0.3 is 12.1 Å². The highest BCUT2D eigenvalue weighted by Crippen LogP contribution is 2.29. The standard InChI is InChI=1S/C37H49N5O7/c1-25-22-42(26(2)24-43)35(44)32-21-30(39-36(45)38-28-12-7-6-8-13-28)16-19-33(32)49-27(3)11-9-10-20-48-34(25)23-41(4)37(46)40-29-14-17-31(47-5)18-15-29/h6-8,12-19,21,25-27,34,43H,9-11,20,22-24H2,1-5H3,(H,40,46)(H2,38,39,45)/t25-,26+,27+,34-/m1/s1. The first-order valence-electron chi connectivity index (χ1n) is 16.7. The Hall–Kier alpha value is -4.81. The highest BCUT2D eigenvalue weighted by molar-refractivity contribution is 6.02. The van der Waals surface area contributed by atoms with Gasteiger partial charge in [-0.25, -0.2) is 9.59 Å². The summed E-state index contributed by atoms with van der Waals surface area (Å²) in [7, 11) is 3.29. The maximum absolute atomic E-state index is 14.4. The van der Waals surface area contributed by atoms with E-state index in [1.54, 1.807) is 85.5 Å². The summed E-state index contributed by atoms with van der Waals surface area (Å²) in [6.45, 7) is 6.43. The van der Waals surface area contributed by atoms with Gasteiger partial charge in [0, 0.05) is 49.7 Å². The van der Waals surface area contributed by atoms with E-state index in [1.165, 1.54) is 0 Å². The number of rotatable bonds is 8. The molecule has 4 rings (SSSR count). The van der Waals surface area contributed by atoms with E-state index in [2.05, 4.69) is 16.0 Å². The van der Waals surface area contributed by atoms with E-state index in [1.807, 2.05) is 32.0 Å². The first-order chi connectivity index (χ1) is 23.6. The molecule has 1 aliphatic rings. The van der Waals surface area contributed by atoms with Crippen LogP contribution < -0.4 is 25.4 Å². The number of methoxy groups -OCH3 is 1. The highest BCUT2D eigenvalue weighted by atomic mass is 16.5. The Labute approximate surface area is 288 Å². The maximum atomic E-state index is 14.4. The van der Waals surface area contributed by atoms with Crippen LogP contribution in [0.4, 0.5) is 26.7 Å². The third-order valence-electron chi connectivity index (χ3n) is 8.48. The lowest BCUT2D eigenvalue weighted by atomic mass is 10.0. The Balaban J connectivity index is 1.56. The van der Waals surface area contributed by atoms with Gasteiger partial charge in [0.15, 0.2) is 0 Å². The number of carbonyl (C=O) groups excluding carboxylic acids is 3. The Morgan fingerprint density at radius 3 is 2.35 bits per heavy atom. The fourth-order valence-corrected chi connectivity index (χ4v) is 5.52. The predicted molar refractivity (Wildman–Crippen MR) is 191 cm³/mol. The molecule has 264 valence electrons. The number of para-hydroxylation sites is 1. The van der Waals surface area contributed by atoms with Gasteiger partial charge in [0.25, 0.3) is 5.91 Å². The van der Waals surface area contributed by atoms with Gasteiger partial charge in [-0.2, -0.15) is 0 Å². The summed E-state index contributed by atoms with van der Waals surface area (Å²) in [5, 5.41) is 18.7. The van der Waals surface area contributed by atoms with E-state index in [-0.39, 0.29) is 49.2 Å². The summed E-state index contributed by atoms with van der Waals surface area (Å²) in [5.41, 5.74) is 1.94. The lowest BCUT2D eigenvalue weighted by Crippen LogP contribution is -2.48. The third kappa shape index (κ3) is 10.8. The first-order valence-corrected chi connectivity index (χ1v) is 16.7. The number of anilines is 3. The molecule has 3 aromatic carbocycles. The lowest BCUT2D eigenvalue weighted by Gasteiger charge is -2.35. The molecule has 1 aliphatic heterocycles. The van der Waals surface area contributed by atoms with Gasteiger partial charge in [-0.05, 0) is 87.7 Å². The Kier molecular flexibility index (Phi) is 13.7. The van der Waals surface area contributed by atoms with Crippen LogP contribution in [0.3, 0.4) is 0 Å². The van der Waals surface area contributed by atoms with Crippen molar-refractivity contribution < 1.29 is 33.7 Å². The van der Waals surface area contributed by atoms with E-state index in [0.717, 1.165) is 19.3 Å². The fraction of sp³-hybridized carbons (Fsp3) is 0.432. The van der Waals surface area contributed by atoms with Gasteiger partial charge in [-0.15, -0.1) is 0 Å². The van der Waals surface area contributed by atoms with Crippen LogP contribution in [-0.4, -0.2) is 91.6 Å². The predicted octanol–water partition coefficient (Wildman–Crippen LogP) is 6.30. The van der Waals surface area contributed by atoms with Gasteiger partial charge in [0.05, 0.1) is 37.5 Å². The monoisotopic (exact) mass is 675 g/mol. The van der Waals surface area contributed by atoms with Crippen LogP contribution in [0, 0.1) is 5.92 Å². The molecule has 3 aromatic rings. The molecule has 4 atom stereocenters. The average molecular weight is 676 g/mol. The first kappa shape index (κ1) is 37.0. The fourth-order valence-electron chi connectivity index (χ4n) is 5.52. The second-order valence-corrected chi connectivity index (χ2v) is 12.5. The highest BCUT2D eigenvalue weighted by Gasteiger charge is 2.31. The zero-order valence-corrected chi connectivity index (χ0v) is 29.0. The molecule has 1 heterocycles. The number of fused-ring (bicyclic) bond motifs is 1. The summed E-state index contributed by atoms with van der Waals surface area (Å²) in [6, 6.07) is 19.8. The van der Waals surface area contributed by atoms with Crippen molar-refractivity contribution in [2.24, 2.45) is 5.92 Å². The summed E-state index contributed by atoms with van der Waals surface area (Å²) >= 11 is 0. The minimum absolute atomic E-state index is 0.194. The molecule has 12 heteroatoms. The zero-order valence-electron chi connectivity index (χ0n) is 29.0. The van der Waals surface area contributed by atoms with Crippen molar-refractivity contribution in [2.45, 2.75) is 58.3 Å². The number of ether oxygens (including phenoxy) is 3. The number of amides is 5. The topological polar surface area (TPSA) is 142 Å². The molecule has 0 spiro atoms. The molecule has 0 fully saturated rings. The second-order valence-electron chi connectivity index (χ2n) is 12.5. The minimum Gasteiger partial charge on any atom is -0.497 e. The number of nitrogens with one attached hydrogen (secondary N) is 3. The average Bonchev–Trinajstić information content (AvgIpc) is 3.10. The zero-order chi connectivity index (χ0) is 35.3. The van der Waals surface area contributed by atoms with Crippen LogP contribution in [0.2, 0.25) is 0 Å². The molecule has 0 bridgehead atoms.